The standard InChI is InChI=1S/C44H80O3/c1-3-5-7-9-11-13-15-17-19-21-23-25-27-29-31-33-35-40(44(47)42-39-41(45)37-38-43(42)46)36-34-32-30-28-26-24-22-20-18-16-14-12-10-8-6-4-2/h37-40,45-46H,3-36H2,1-2H3. The Labute approximate surface area is 293 Å². The molecular formula is C44H80O3. The van der Waals surface area contributed by atoms with Crippen molar-refractivity contribution in [2.24, 2.45) is 5.92 Å². The lowest BCUT2D eigenvalue weighted by atomic mass is 9.87. The first kappa shape index (κ1) is 43.5. The van der Waals surface area contributed by atoms with Gasteiger partial charge in [-0.15, -0.1) is 0 Å². The van der Waals surface area contributed by atoms with Gasteiger partial charge in [0.25, 0.3) is 0 Å². The molecule has 0 aliphatic carbocycles. The largest absolute Gasteiger partial charge is 0.508 e. The number of hydrogen-bond donors (Lipinski definition) is 2. The summed E-state index contributed by atoms with van der Waals surface area (Å²) in [6, 6.07) is 4.35. The lowest BCUT2D eigenvalue weighted by Crippen LogP contribution is -2.15. The number of ketones is 1. The van der Waals surface area contributed by atoms with Gasteiger partial charge in [0.2, 0.25) is 0 Å². The van der Waals surface area contributed by atoms with Crippen LogP contribution in [0.2, 0.25) is 0 Å². The fraction of sp³-hybridized carbons (Fsp3) is 0.841. The van der Waals surface area contributed by atoms with Gasteiger partial charge in [0.05, 0.1) is 5.56 Å². The summed E-state index contributed by atoms with van der Waals surface area (Å²) in [6.45, 7) is 4.57. The fourth-order valence-electron chi connectivity index (χ4n) is 7.23. The van der Waals surface area contributed by atoms with Crippen LogP contribution in [0.3, 0.4) is 0 Å². The number of hydrogen-bond acceptors (Lipinski definition) is 3. The zero-order valence-corrected chi connectivity index (χ0v) is 31.7. The van der Waals surface area contributed by atoms with E-state index in [4.69, 9.17) is 0 Å². The van der Waals surface area contributed by atoms with Crippen LogP contribution in [-0.4, -0.2) is 16.0 Å². The predicted octanol–water partition coefficient (Wildman–Crippen LogP) is 15.2. The van der Waals surface area contributed by atoms with Gasteiger partial charge in [0, 0.05) is 5.92 Å². The Balaban J connectivity index is 2.16. The van der Waals surface area contributed by atoms with E-state index in [1.807, 2.05) is 0 Å². The second-order valence-corrected chi connectivity index (χ2v) is 14.9. The Morgan fingerprint density at radius 2 is 0.723 bits per heavy atom. The van der Waals surface area contributed by atoms with Gasteiger partial charge in [0.15, 0.2) is 5.78 Å². The number of rotatable bonds is 36. The highest BCUT2D eigenvalue weighted by molar-refractivity contribution is 6.00. The van der Waals surface area contributed by atoms with E-state index in [0.717, 1.165) is 25.7 Å². The molecule has 0 fully saturated rings. The summed E-state index contributed by atoms with van der Waals surface area (Å²) < 4.78 is 0. The molecule has 1 rings (SSSR count). The number of aromatic hydroxyl groups is 2. The van der Waals surface area contributed by atoms with Crippen LogP contribution in [0, 0.1) is 5.92 Å². The van der Waals surface area contributed by atoms with Crippen molar-refractivity contribution in [3.8, 4) is 11.5 Å². The number of Topliss-reactive ketones (excluding diaryl/α,β-unsaturated/α-hetero) is 1. The summed E-state index contributed by atoms with van der Waals surface area (Å²) in [6.07, 6.45) is 45.0. The van der Waals surface area contributed by atoms with Crippen molar-refractivity contribution in [3.63, 3.8) is 0 Å². The minimum atomic E-state index is -0.0546. The van der Waals surface area contributed by atoms with Gasteiger partial charge < -0.3 is 10.2 Å². The van der Waals surface area contributed by atoms with Crippen LogP contribution in [0.5, 0.6) is 11.5 Å². The number of carbonyl (C=O) groups excluding carboxylic acids is 1. The Bertz CT molecular complexity index is 782. The first-order chi connectivity index (χ1) is 23.1. The topological polar surface area (TPSA) is 57.5 Å². The molecule has 1 aromatic rings. The van der Waals surface area contributed by atoms with Crippen LogP contribution in [0.25, 0.3) is 0 Å². The number of phenolic OH excluding ortho intramolecular Hbond substituents is 2. The Morgan fingerprint density at radius 1 is 0.447 bits per heavy atom. The SMILES string of the molecule is CCCCCCCCCCCCCCCCCCC(CCCCCCCCCCCCCCCCCC)C(=O)c1cc(O)ccc1O. The third-order valence-electron chi connectivity index (χ3n) is 10.4. The van der Waals surface area contributed by atoms with Crippen LogP contribution in [0.4, 0.5) is 0 Å². The van der Waals surface area contributed by atoms with Crippen molar-refractivity contribution in [1.82, 2.24) is 0 Å². The molecule has 0 aliphatic rings. The van der Waals surface area contributed by atoms with Crippen molar-refractivity contribution in [2.75, 3.05) is 0 Å². The normalized spacial score (nSPS) is 11.6. The first-order valence-corrected chi connectivity index (χ1v) is 21.2. The van der Waals surface area contributed by atoms with Crippen LogP contribution >= 0.6 is 0 Å². The van der Waals surface area contributed by atoms with Gasteiger partial charge >= 0.3 is 0 Å². The lowest BCUT2D eigenvalue weighted by molar-refractivity contribution is 0.0898. The molecule has 0 spiro atoms. The highest BCUT2D eigenvalue weighted by atomic mass is 16.3. The Kier molecular flexibility index (Phi) is 30.6. The van der Waals surface area contributed by atoms with Crippen LogP contribution in [-0.2, 0) is 0 Å². The Morgan fingerprint density at radius 3 is 1.02 bits per heavy atom. The maximum atomic E-state index is 13.4. The molecule has 2 N–H and O–H groups in total. The van der Waals surface area contributed by atoms with E-state index < -0.39 is 0 Å². The van der Waals surface area contributed by atoms with Crippen molar-refractivity contribution in [2.45, 2.75) is 232 Å². The summed E-state index contributed by atoms with van der Waals surface area (Å²) in [5, 5.41) is 20.3. The summed E-state index contributed by atoms with van der Waals surface area (Å²) in [5.41, 5.74) is 0.294. The molecule has 0 radical (unpaired) electrons. The van der Waals surface area contributed by atoms with Gasteiger partial charge in [0.1, 0.15) is 11.5 Å². The third kappa shape index (κ3) is 26.1. The molecule has 0 saturated carbocycles. The Hall–Kier alpha value is -1.51. The molecule has 0 aliphatic heterocycles. The molecule has 3 heteroatoms. The molecule has 0 amide bonds. The van der Waals surface area contributed by atoms with E-state index in [1.165, 1.54) is 211 Å². The molecule has 0 bridgehead atoms. The van der Waals surface area contributed by atoms with Gasteiger partial charge in [-0.2, -0.15) is 0 Å². The summed E-state index contributed by atoms with van der Waals surface area (Å²) in [4.78, 5) is 13.4. The van der Waals surface area contributed by atoms with E-state index in [9.17, 15) is 15.0 Å². The maximum Gasteiger partial charge on any atom is 0.169 e. The molecule has 3 nitrogen and oxygen atoms in total. The van der Waals surface area contributed by atoms with Crippen molar-refractivity contribution in [3.05, 3.63) is 23.8 Å². The second-order valence-electron chi connectivity index (χ2n) is 14.9. The molecule has 0 heterocycles. The summed E-state index contributed by atoms with van der Waals surface area (Å²) in [5.74, 6) is 0.00720. The molecule has 0 unspecified atom stereocenters. The van der Waals surface area contributed by atoms with Crippen LogP contribution in [0.1, 0.15) is 243 Å². The smallest absolute Gasteiger partial charge is 0.169 e. The van der Waals surface area contributed by atoms with Crippen molar-refractivity contribution >= 4 is 5.78 Å². The highest BCUT2D eigenvalue weighted by Crippen LogP contribution is 2.29. The van der Waals surface area contributed by atoms with Gasteiger partial charge in [-0.1, -0.05) is 219 Å². The number of carbonyl (C=O) groups is 1. The molecule has 47 heavy (non-hydrogen) atoms. The lowest BCUT2D eigenvalue weighted by Gasteiger charge is -2.17. The summed E-state index contributed by atoms with van der Waals surface area (Å²) in [7, 11) is 0. The average Bonchev–Trinajstić information content (AvgIpc) is 3.07. The van der Waals surface area contributed by atoms with E-state index in [2.05, 4.69) is 13.8 Å². The molecule has 274 valence electrons. The minimum absolute atomic E-state index is 0.00301. The second kappa shape index (κ2) is 33.0. The van der Waals surface area contributed by atoms with Crippen LogP contribution < -0.4 is 0 Å². The van der Waals surface area contributed by atoms with Gasteiger partial charge in [-0.3, -0.25) is 4.79 Å². The average molecular weight is 657 g/mol. The van der Waals surface area contributed by atoms with E-state index in [-0.39, 0.29) is 23.2 Å². The van der Waals surface area contributed by atoms with Crippen molar-refractivity contribution in [1.29, 1.82) is 0 Å². The molecule has 0 atom stereocenters. The van der Waals surface area contributed by atoms with Gasteiger partial charge in [-0.05, 0) is 31.0 Å². The monoisotopic (exact) mass is 657 g/mol. The van der Waals surface area contributed by atoms with Crippen molar-refractivity contribution < 1.29 is 15.0 Å². The van der Waals surface area contributed by atoms with E-state index in [0.29, 0.717) is 5.56 Å². The third-order valence-corrected chi connectivity index (χ3v) is 10.4. The minimum Gasteiger partial charge on any atom is -0.508 e. The van der Waals surface area contributed by atoms with E-state index in [1.54, 1.807) is 0 Å². The zero-order valence-electron chi connectivity index (χ0n) is 31.7. The molecule has 0 saturated heterocycles. The summed E-state index contributed by atoms with van der Waals surface area (Å²) >= 11 is 0. The maximum absolute atomic E-state index is 13.4. The number of phenols is 2. The van der Waals surface area contributed by atoms with Gasteiger partial charge in [-0.25, -0.2) is 0 Å². The molecule has 1 aromatic carbocycles. The zero-order chi connectivity index (χ0) is 34.0. The fourth-order valence-corrected chi connectivity index (χ4v) is 7.23. The quantitative estimate of drug-likeness (QED) is 0.0429. The number of unbranched alkanes of at least 4 members (excludes halogenated alkanes) is 30. The van der Waals surface area contributed by atoms with Crippen LogP contribution in [0.15, 0.2) is 18.2 Å². The molecule has 0 aromatic heterocycles. The van der Waals surface area contributed by atoms with E-state index >= 15 is 0 Å². The number of benzene rings is 1. The highest BCUT2D eigenvalue weighted by Gasteiger charge is 2.22. The first-order valence-electron chi connectivity index (χ1n) is 21.2. The molecular weight excluding hydrogens is 576 g/mol. The predicted molar refractivity (Wildman–Crippen MR) is 206 cm³/mol.